The maximum Gasteiger partial charge on any atom is 0.416 e. The number of hydrogen-bond donors (Lipinski definition) is 0. The van der Waals surface area contributed by atoms with Crippen LogP contribution in [0.1, 0.15) is 50.9 Å². The van der Waals surface area contributed by atoms with Crippen LogP contribution in [0.2, 0.25) is 0 Å². The largest absolute Gasteiger partial charge is 0.416 e. The zero-order valence-electron chi connectivity index (χ0n) is 18.8. The summed E-state index contributed by atoms with van der Waals surface area (Å²) in [4.78, 5) is 28.7. The monoisotopic (exact) mass is 471 g/mol. The zero-order valence-corrected chi connectivity index (χ0v) is 18.8. The summed E-state index contributed by atoms with van der Waals surface area (Å²) in [7, 11) is 3.29. The van der Waals surface area contributed by atoms with Crippen molar-refractivity contribution in [3.05, 3.63) is 65.1 Å². The summed E-state index contributed by atoms with van der Waals surface area (Å²) >= 11 is 0. The summed E-state index contributed by atoms with van der Waals surface area (Å²) < 4.78 is 41.9. The molecule has 2 amide bonds. The van der Waals surface area contributed by atoms with E-state index in [4.69, 9.17) is 0 Å². The van der Waals surface area contributed by atoms with Crippen LogP contribution in [0.15, 0.2) is 42.6 Å². The molecule has 0 unspecified atom stereocenters. The van der Waals surface area contributed by atoms with Crippen LogP contribution in [0.5, 0.6) is 0 Å². The van der Waals surface area contributed by atoms with Gasteiger partial charge in [0.05, 0.1) is 11.1 Å². The highest BCUT2D eigenvalue weighted by atomic mass is 19.4. The number of likely N-dealkylation sites (tertiary alicyclic amines) is 1. The Labute approximate surface area is 194 Å². The Balaban J connectivity index is 1.33. The standard InChI is InChI=1S/C24H24F3N5O2/c1-30(2)22(33)14-7-8-20-28-29-21(32(20)13-14)23(34)31-11-16-9-15(10-17(16)12-31)18-5-3-4-6-19(18)24(25,26)27/h3-8,13,15-17H,9-12H2,1-2H3/t15-,16-,17+. The molecule has 1 saturated carbocycles. The van der Waals surface area contributed by atoms with Crippen molar-refractivity contribution in [3.63, 3.8) is 0 Å². The molecule has 0 bridgehead atoms. The predicted molar refractivity (Wildman–Crippen MR) is 117 cm³/mol. The number of alkyl halides is 3. The fourth-order valence-electron chi connectivity index (χ4n) is 5.39. The van der Waals surface area contributed by atoms with Crippen LogP contribution in [-0.2, 0) is 6.18 Å². The van der Waals surface area contributed by atoms with E-state index in [9.17, 15) is 22.8 Å². The molecule has 0 radical (unpaired) electrons. The molecule has 2 aromatic heterocycles. The third-order valence-corrected chi connectivity index (χ3v) is 6.99. The number of pyridine rings is 1. The number of carbonyl (C=O) groups is 2. The van der Waals surface area contributed by atoms with Crippen molar-refractivity contribution >= 4 is 17.5 Å². The fraction of sp³-hybridized carbons (Fsp3) is 0.417. The SMILES string of the molecule is CN(C)C(=O)c1ccc2nnc(C(=O)N3C[C@H]4C[C@@H](c5ccccc5C(F)(F)F)C[C@H]4C3)n2c1. The third kappa shape index (κ3) is 3.80. The van der Waals surface area contributed by atoms with E-state index < -0.39 is 11.7 Å². The summed E-state index contributed by atoms with van der Waals surface area (Å²) in [6.45, 7) is 0.943. The Hall–Kier alpha value is -3.43. The van der Waals surface area contributed by atoms with Crippen molar-refractivity contribution in [3.8, 4) is 0 Å². The van der Waals surface area contributed by atoms with E-state index in [0.717, 1.165) is 6.07 Å². The lowest BCUT2D eigenvalue weighted by atomic mass is 9.91. The van der Waals surface area contributed by atoms with Gasteiger partial charge in [0.1, 0.15) is 0 Å². The minimum atomic E-state index is -4.38. The maximum atomic E-state index is 13.5. The number of hydrogen-bond acceptors (Lipinski definition) is 4. The van der Waals surface area contributed by atoms with Crippen LogP contribution < -0.4 is 0 Å². The molecule has 178 valence electrons. The average Bonchev–Trinajstić information content (AvgIpc) is 3.50. The molecule has 1 aliphatic heterocycles. The van der Waals surface area contributed by atoms with Gasteiger partial charge in [0.25, 0.3) is 11.8 Å². The summed E-state index contributed by atoms with van der Waals surface area (Å²) in [6, 6.07) is 9.07. The van der Waals surface area contributed by atoms with Crippen LogP contribution in [0.25, 0.3) is 5.65 Å². The molecule has 34 heavy (non-hydrogen) atoms. The molecule has 0 spiro atoms. The Kier molecular flexibility index (Phi) is 5.33. The van der Waals surface area contributed by atoms with Gasteiger partial charge in [-0.2, -0.15) is 13.2 Å². The zero-order chi connectivity index (χ0) is 24.2. The molecule has 3 aromatic rings. The van der Waals surface area contributed by atoms with Crippen LogP contribution in [-0.4, -0.2) is 63.4 Å². The van der Waals surface area contributed by atoms with Gasteiger partial charge in [-0.3, -0.25) is 14.0 Å². The predicted octanol–water partition coefficient (Wildman–Crippen LogP) is 3.72. The maximum absolute atomic E-state index is 13.5. The molecule has 2 fully saturated rings. The van der Waals surface area contributed by atoms with Crippen LogP contribution in [0, 0.1) is 11.8 Å². The Morgan fingerprint density at radius 1 is 1.00 bits per heavy atom. The molecule has 3 atom stereocenters. The molecule has 7 nitrogen and oxygen atoms in total. The van der Waals surface area contributed by atoms with Crippen molar-refractivity contribution in [2.45, 2.75) is 24.9 Å². The number of amides is 2. The molecule has 2 aliphatic rings. The Morgan fingerprint density at radius 3 is 2.32 bits per heavy atom. The van der Waals surface area contributed by atoms with Gasteiger partial charge >= 0.3 is 6.18 Å². The van der Waals surface area contributed by atoms with Crippen molar-refractivity contribution in [1.82, 2.24) is 24.4 Å². The quantitative estimate of drug-likeness (QED) is 0.584. The normalized spacial score (nSPS) is 22.3. The third-order valence-electron chi connectivity index (χ3n) is 6.99. The van der Waals surface area contributed by atoms with Gasteiger partial charge in [-0.25, -0.2) is 0 Å². The first-order valence-electron chi connectivity index (χ1n) is 11.2. The van der Waals surface area contributed by atoms with Gasteiger partial charge in [-0.1, -0.05) is 18.2 Å². The van der Waals surface area contributed by atoms with Crippen molar-refractivity contribution in [2.24, 2.45) is 11.8 Å². The highest BCUT2D eigenvalue weighted by molar-refractivity contribution is 5.95. The van der Waals surface area contributed by atoms with Gasteiger partial charge in [0.2, 0.25) is 5.82 Å². The fourth-order valence-corrected chi connectivity index (χ4v) is 5.39. The second-order valence-corrected chi connectivity index (χ2v) is 9.35. The summed E-state index contributed by atoms with van der Waals surface area (Å²) in [5, 5.41) is 8.10. The van der Waals surface area contributed by atoms with E-state index in [1.165, 1.54) is 15.4 Å². The first-order chi connectivity index (χ1) is 16.1. The number of halogens is 3. The molecule has 0 N–H and O–H groups in total. The van der Waals surface area contributed by atoms with E-state index in [1.807, 2.05) is 0 Å². The average molecular weight is 471 g/mol. The lowest BCUT2D eigenvalue weighted by molar-refractivity contribution is -0.138. The minimum Gasteiger partial charge on any atom is -0.345 e. The minimum absolute atomic E-state index is 0.127. The van der Waals surface area contributed by atoms with Gasteiger partial charge in [0.15, 0.2) is 5.65 Å². The van der Waals surface area contributed by atoms with Gasteiger partial charge in [-0.05, 0) is 54.4 Å². The van der Waals surface area contributed by atoms with Gasteiger partial charge in [0, 0.05) is 33.4 Å². The lowest BCUT2D eigenvalue weighted by Crippen LogP contribution is -2.31. The molecule has 1 aliphatic carbocycles. The van der Waals surface area contributed by atoms with E-state index in [1.54, 1.807) is 49.5 Å². The van der Waals surface area contributed by atoms with E-state index in [-0.39, 0.29) is 35.4 Å². The van der Waals surface area contributed by atoms with Crippen LogP contribution in [0.4, 0.5) is 13.2 Å². The molecular weight excluding hydrogens is 447 g/mol. The number of rotatable bonds is 3. The summed E-state index contributed by atoms with van der Waals surface area (Å²) in [6.07, 6.45) is -1.59. The molecular formula is C24H24F3N5O2. The second-order valence-electron chi connectivity index (χ2n) is 9.35. The molecule has 3 heterocycles. The first kappa shape index (κ1) is 22.4. The first-order valence-corrected chi connectivity index (χ1v) is 11.2. The molecule has 1 aromatic carbocycles. The number of fused-ring (bicyclic) bond motifs is 2. The van der Waals surface area contributed by atoms with E-state index >= 15 is 0 Å². The number of aromatic nitrogens is 3. The molecule has 1 saturated heterocycles. The summed E-state index contributed by atoms with van der Waals surface area (Å²) in [5.74, 6) is -0.250. The second kappa shape index (κ2) is 8.11. The van der Waals surface area contributed by atoms with Crippen LogP contribution >= 0.6 is 0 Å². The van der Waals surface area contributed by atoms with E-state index in [0.29, 0.717) is 42.7 Å². The highest BCUT2D eigenvalue weighted by Crippen LogP contribution is 2.49. The van der Waals surface area contributed by atoms with Crippen LogP contribution in [0.3, 0.4) is 0 Å². The number of nitrogens with zero attached hydrogens (tertiary/aromatic N) is 5. The van der Waals surface area contributed by atoms with Crippen molar-refractivity contribution < 1.29 is 22.8 Å². The molecule has 10 heteroatoms. The van der Waals surface area contributed by atoms with Crippen molar-refractivity contribution in [1.29, 1.82) is 0 Å². The number of benzene rings is 1. The smallest absolute Gasteiger partial charge is 0.345 e. The molecule has 5 rings (SSSR count). The Bertz CT molecular complexity index is 1250. The Morgan fingerprint density at radius 2 is 1.68 bits per heavy atom. The van der Waals surface area contributed by atoms with E-state index in [2.05, 4.69) is 10.2 Å². The van der Waals surface area contributed by atoms with Gasteiger partial charge < -0.3 is 9.80 Å². The number of carbonyl (C=O) groups excluding carboxylic acids is 2. The summed E-state index contributed by atoms with van der Waals surface area (Å²) in [5.41, 5.74) is 0.660. The van der Waals surface area contributed by atoms with Crippen molar-refractivity contribution in [2.75, 3.05) is 27.2 Å². The highest BCUT2D eigenvalue weighted by Gasteiger charge is 2.45. The van der Waals surface area contributed by atoms with Gasteiger partial charge in [-0.15, -0.1) is 10.2 Å². The topological polar surface area (TPSA) is 70.8 Å². The lowest BCUT2D eigenvalue weighted by Gasteiger charge is -2.21.